The molecule has 2 aliphatic heterocycles. The summed E-state index contributed by atoms with van der Waals surface area (Å²) < 4.78 is 15.8. The number of methoxy groups -OCH3 is 1. The van der Waals surface area contributed by atoms with Crippen molar-refractivity contribution in [1.82, 2.24) is 0 Å². The van der Waals surface area contributed by atoms with Crippen LogP contribution < -0.4 is 29.7 Å². The molecule has 29 heavy (non-hydrogen) atoms. The van der Waals surface area contributed by atoms with Crippen LogP contribution in [0.25, 0.3) is 0 Å². The maximum absolute atomic E-state index is 12.3. The van der Waals surface area contributed by atoms with Gasteiger partial charge in [0.2, 0.25) is 12.7 Å². The largest absolute Gasteiger partial charge is 0.495 e. The van der Waals surface area contributed by atoms with Crippen molar-refractivity contribution in [2.75, 3.05) is 36.0 Å². The van der Waals surface area contributed by atoms with Gasteiger partial charge in [-0.1, -0.05) is 0 Å². The highest BCUT2D eigenvalue weighted by atomic mass is 16.7. The van der Waals surface area contributed by atoms with Crippen LogP contribution in [0.15, 0.2) is 36.4 Å². The Balaban J connectivity index is 1.46. The first-order valence-corrected chi connectivity index (χ1v) is 9.05. The van der Waals surface area contributed by atoms with Crippen LogP contribution in [-0.2, 0) is 14.4 Å². The van der Waals surface area contributed by atoms with Gasteiger partial charge < -0.3 is 29.7 Å². The maximum atomic E-state index is 12.3. The van der Waals surface area contributed by atoms with E-state index in [-0.39, 0.29) is 12.7 Å². The highest BCUT2D eigenvalue weighted by Gasteiger charge is 2.25. The lowest BCUT2D eigenvalue weighted by atomic mass is 10.2. The second-order valence-electron chi connectivity index (χ2n) is 6.51. The molecule has 3 amide bonds. The van der Waals surface area contributed by atoms with Crippen LogP contribution in [0.4, 0.5) is 17.1 Å². The van der Waals surface area contributed by atoms with Gasteiger partial charge in [-0.15, -0.1) is 0 Å². The number of ether oxygens (including phenoxy) is 3. The van der Waals surface area contributed by atoms with Crippen LogP contribution in [0.1, 0.15) is 12.8 Å². The third-order valence-corrected chi connectivity index (χ3v) is 4.64. The molecule has 4 rings (SSSR count). The van der Waals surface area contributed by atoms with Crippen molar-refractivity contribution in [2.45, 2.75) is 12.8 Å². The van der Waals surface area contributed by atoms with Crippen molar-refractivity contribution in [3.8, 4) is 17.2 Å². The van der Waals surface area contributed by atoms with Gasteiger partial charge in [0.05, 0.1) is 12.8 Å². The SMILES string of the molecule is COc1ccc(NC(=O)C(=O)Nc2ccc3c(c2)OCO3)cc1N1CCCC1=O. The summed E-state index contributed by atoms with van der Waals surface area (Å²) in [5.41, 5.74) is 1.35. The third-order valence-electron chi connectivity index (χ3n) is 4.64. The quantitative estimate of drug-likeness (QED) is 0.766. The molecule has 0 radical (unpaired) electrons. The number of carbonyl (C=O) groups excluding carboxylic acids is 3. The van der Waals surface area contributed by atoms with E-state index in [1.165, 1.54) is 7.11 Å². The second kappa shape index (κ2) is 7.70. The van der Waals surface area contributed by atoms with Crippen molar-refractivity contribution in [3.05, 3.63) is 36.4 Å². The zero-order chi connectivity index (χ0) is 20.4. The highest BCUT2D eigenvalue weighted by Crippen LogP contribution is 2.35. The fourth-order valence-corrected chi connectivity index (χ4v) is 3.23. The van der Waals surface area contributed by atoms with Gasteiger partial charge in [-0.05, 0) is 36.8 Å². The summed E-state index contributed by atoms with van der Waals surface area (Å²) in [7, 11) is 1.51. The van der Waals surface area contributed by atoms with Crippen molar-refractivity contribution in [3.63, 3.8) is 0 Å². The summed E-state index contributed by atoms with van der Waals surface area (Å²) >= 11 is 0. The average Bonchev–Trinajstić information content (AvgIpc) is 3.36. The first-order valence-electron chi connectivity index (χ1n) is 9.05. The Bertz CT molecular complexity index is 990. The molecule has 2 aromatic rings. The smallest absolute Gasteiger partial charge is 0.314 e. The van der Waals surface area contributed by atoms with E-state index in [1.54, 1.807) is 41.3 Å². The molecule has 0 aromatic heterocycles. The molecule has 0 spiro atoms. The minimum Gasteiger partial charge on any atom is -0.495 e. The van der Waals surface area contributed by atoms with Gasteiger partial charge in [-0.25, -0.2) is 0 Å². The molecule has 0 bridgehead atoms. The van der Waals surface area contributed by atoms with Crippen molar-refractivity contribution in [1.29, 1.82) is 0 Å². The first kappa shape index (κ1) is 18.6. The van der Waals surface area contributed by atoms with Crippen LogP contribution in [-0.4, -0.2) is 38.2 Å². The lowest BCUT2D eigenvalue weighted by Crippen LogP contribution is -2.29. The molecule has 0 saturated carbocycles. The summed E-state index contributed by atoms with van der Waals surface area (Å²) in [6.45, 7) is 0.698. The van der Waals surface area contributed by atoms with Crippen molar-refractivity contribution < 1.29 is 28.6 Å². The summed E-state index contributed by atoms with van der Waals surface area (Å²) in [6.07, 6.45) is 1.23. The summed E-state index contributed by atoms with van der Waals surface area (Å²) in [5, 5.41) is 5.06. The van der Waals surface area contributed by atoms with Gasteiger partial charge in [-0.3, -0.25) is 14.4 Å². The van der Waals surface area contributed by atoms with Gasteiger partial charge >= 0.3 is 11.8 Å². The molecule has 0 unspecified atom stereocenters. The number of rotatable bonds is 4. The zero-order valence-corrected chi connectivity index (χ0v) is 15.7. The number of fused-ring (bicyclic) bond motifs is 1. The normalized spacial score (nSPS) is 14.7. The Morgan fingerprint density at radius 1 is 1.00 bits per heavy atom. The Kier molecular flexibility index (Phi) is 4.94. The Hall–Kier alpha value is -3.75. The van der Waals surface area contributed by atoms with Crippen LogP contribution in [0, 0.1) is 0 Å². The van der Waals surface area contributed by atoms with Crippen LogP contribution >= 0.6 is 0 Å². The van der Waals surface area contributed by atoms with Gasteiger partial charge in [-0.2, -0.15) is 0 Å². The lowest BCUT2D eigenvalue weighted by Gasteiger charge is -2.20. The molecule has 1 fully saturated rings. The molecule has 0 aliphatic carbocycles. The van der Waals surface area contributed by atoms with Crippen LogP contribution in [0.5, 0.6) is 17.2 Å². The molecule has 150 valence electrons. The molecule has 9 heteroatoms. The monoisotopic (exact) mass is 397 g/mol. The zero-order valence-electron chi connectivity index (χ0n) is 15.7. The van der Waals surface area contributed by atoms with Gasteiger partial charge in [0, 0.05) is 30.4 Å². The fourth-order valence-electron chi connectivity index (χ4n) is 3.23. The first-order chi connectivity index (χ1) is 14.0. The molecule has 2 aliphatic rings. The second-order valence-corrected chi connectivity index (χ2v) is 6.51. The predicted octanol–water partition coefficient (Wildman–Crippen LogP) is 2.13. The number of benzene rings is 2. The Morgan fingerprint density at radius 2 is 1.69 bits per heavy atom. The number of hydrogen-bond acceptors (Lipinski definition) is 6. The molecule has 2 aromatic carbocycles. The summed E-state index contributed by atoms with van der Waals surface area (Å²) in [5.74, 6) is -0.0895. The Labute approximate surface area is 166 Å². The number of hydrogen-bond donors (Lipinski definition) is 2. The van der Waals surface area contributed by atoms with E-state index in [9.17, 15) is 14.4 Å². The minimum absolute atomic E-state index is 0.00710. The van der Waals surface area contributed by atoms with Gasteiger partial charge in [0.15, 0.2) is 11.5 Å². The number of nitrogens with one attached hydrogen (secondary N) is 2. The van der Waals surface area contributed by atoms with E-state index in [0.717, 1.165) is 6.42 Å². The van der Waals surface area contributed by atoms with Crippen molar-refractivity contribution in [2.24, 2.45) is 0 Å². The highest BCUT2D eigenvalue weighted by molar-refractivity contribution is 6.43. The molecular weight excluding hydrogens is 378 g/mol. The Morgan fingerprint density at radius 3 is 2.38 bits per heavy atom. The van der Waals surface area contributed by atoms with E-state index in [2.05, 4.69) is 10.6 Å². The van der Waals surface area contributed by atoms with Gasteiger partial charge in [0.25, 0.3) is 0 Å². The lowest BCUT2D eigenvalue weighted by molar-refractivity contribution is -0.132. The topological polar surface area (TPSA) is 106 Å². The van der Waals surface area contributed by atoms with E-state index >= 15 is 0 Å². The molecule has 9 nitrogen and oxygen atoms in total. The number of nitrogens with zero attached hydrogens (tertiary/aromatic N) is 1. The van der Waals surface area contributed by atoms with Crippen molar-refractivity contribution >= 4 is 34.8 Å². The molecule has 1 saturated heterocycles. The average molecular weight is 397 g/mol. The molecule has 0 atom stereocenters. The minimum atomic E-state index is -0.841. The maximum Gasteiger partial charge on any atom is 0.314 e. The number of amides is 3. The summed E-state index contributed by atoms with van der Waals surface area (Å²) in [4.78, 5) is 38.2. The van der Waals surface area contributed by atoms with E-state index in [4.69, 9.17) is 14.2 Å². The van der Waals surface area contributed by atoms with E-state index in [1.807, 2.05) is 0 Å². The van der Waals surface area contributed by atoms with Crippen LogP contribution in [0.3, 0.4) is 0 Å². The standard InChI is InChI=1S/C20H19N3O6/c1-27-15-6-4-12(9-14(15)23-8-2-3-18(23)24)21-19(25)20(26)22-13-5-7-16-17(10-13)29-11-28-16/h4-7,9-10H,2-3,8,11H2,1H3,(H,21,25)(H,22,26). The molecular formula is C20H19N3O6. The number of carbonyl (C=O) groups is 3. The van der Waals surface area contributed by atoms with Crippen LogP contribution in [0.2, 0.25) is 0 Å². The summed E-state index contributed by atoms with van der Waals surface area (Å²) in [6, 6.07) is 9.72. The third kappa shape index (κ3) is 3.79. The number of anilines is 3. The predicted molar refractivity (Wildman–Crippen MR) is 104 cm³/mol. The fraction of sp³-hybridized carbons (Fsp3) is 0.250. The molecule has 2 heterocycles. The van der Waals surface area contributed by atoms with Gasteiger partial charge in [0.1, 0.15) is 5.75 Å². The van der Waals surface area contributed by atoms with E-state index < -0.39 is 11.8 Å². The van der Waals surface area contributed by atoms with E-state index in [0.29, 0.717) is 47.3 Å². The molecule has 2 N–H and O–H groups in total.